The van der Waals surface area contributed by atoms with Crippen LogP contribution >= 0.6 is 0 Å². The fraction of sp³-hybridized carbons (Fsp3) is 0.946. The summed E-state index contributed by atoms with van der Waals surface area (Å²) in [7, 11) is 0. The summed E-state index contributed by atoms with van der Waals surface area (Å²) in [6.45, 7) is 8.40. The molecule has 5 nitrogen and oxygen atoms in total. The van der Waals surface area contributed by atoms with E-state index in [1.54, 1.807) is 0 Å². The highest BCUT2D eigenvalue weighted by atomic mass is 16.6. The van der Waals surface area contributed by atoms with Gasteiger partial charge in [-0.25, -0.2) is 0 Å². The van der Waals surface area contributed by atoms with Gasteiger partial charge in [0.05, 0.1) is 17.4 Å². The van der Waals surface area contributed by atoms with Gasteiger partial charge < -0.3 is 14.6 Å². The Morgan fingerprint density at radius 1 is 0.762 bits per heavy atom. The van der Waals surface area contributed by atoms with Gasteiger partial charge in [0, 0.05) is 11.8 Å². The van der Waals surface area contributed by atoms with Gasteiger partial charge in [0.2, 0.25) is 0 Å². The fourth-order valence-corrected chi connectivity index (χ4v) is 11.7. The molecule has 0 heterocycles. The lowest BCUT2D eigenvalue weighted by Crippen LogP contribution is -2.60. The molecule has 4 atom stereocenters. The summed E-state index contributed by atoms with van der Waals surface area (Å²) in [6.07, 6.45) is 16.0. The minimum atomic E-state index is -0.649. The highest BCUT2D eigenvalue weighted by Crippen LogP contribution is 2.66. The lowest BCUT2D eigenvalue weighted by Gasteiger charge is -2.63. The SMILES string of the molecule is C.C.C.C.CCC(CC(C)C(=O)OC12CC3CC(CC(O)(C3)C1)C2)C(=O)OC(CC)(CC)C12CC3CC(CC(C3)C1)C2. The first kappa shape index (κ1) is 37.1. The van der Waals surface area contributed by atoms with Gasteiger partial charge in [0.1, 0.15) is 11.2 Å². The van der Waals surface area contributed by atoms with Crippen LogP contribution in [0.25, 0.3) is 0 Å². The predicted octanol–water partition coefficient (Wildman–Crippen LogP) is 9.53. The van der Waals surface area contributed by atoms with Crippen LogP contribution in [0.4, 0.5) is 0 Å². The van der Waals surface area contributed by atoms with E-state index in [4.69, 9.17) is 9.47 Å². The number of carbonyl (C=O) groups is 2. The Balaban J connectivity index is 0.00000154. The third-order valence-corrected chi connectivity index (χ3v) is 12.6. The first-order valence-electron chi connectivity index (χ1n) is 16.2. The molecule has 0 radical (unpaired) electrons. The van der Waals surface area contributed by atoms with Crippen molar-refractivity contribution in [3.63, 3.8) is 0 Å². The van der Waals surface area contributed by atoms with E-state index >= 15 is 0 Å². The number of rotatable bonds is 10. The van der Waals surface area contributed by atoms with Gasteiger partial charge in [-0.05, 0) is 126 Å². The van der Waals surface area contributed by atoms with Crippen LogP contribution in [0, 0.1) is 46.8 Å². The van der Waals surface area contributed by atoms with Crippen LogP contribution in [0.1, 0.15) is 160 Å². The molecule has 0 saturated heterocycles. The number of ether oxygens (including phenoxy) is 2. The molecule has 0 aromatic heterocycles. The van der Waals surface area contributed by atoms with Crippen LogP contribution in [0.2, 0.25) is 0 Å². The van der Waals surface area contributed by atoms with E-state index < -0.39 is 11.2 Å². The van der Waals surface area contributed by atoms with Gasteiger partial charge in [0.15, 0.2) is 0 Å². The third-order valence-electron chi connectivity index (χ3n) is 12.6. The van der Waals surface area contributed by atoms with E-state index in [1.807, 2.05) is 13.8 Å². The van der Waals surface area contributed by atoms with Gasteiger partial charge in [-0.3, -0.25) is 9.59 Å². The summed E-state index contributed by atoms with van der Waals surface area (Å²) in [5, 5.41) is 11.1. The van der Waals surface area contributed by atoms with Crippen molar-refractivity contribution in [2.45, 2.75) is 177 Å². The Morgan fingerprint density at radius 2 is 1.24 bits per heavy atom. The van der Waals surface area contributed by atoms with Crippen LogP contribution in [0.15, 0.2) is 0 Å². The van der Waals surface area contributed by atoms with Crippen LogP contribution in [-0.4, -0.2) is 33.8 Å². The molecule has 42 heavy (non-hydrogen) atoms. The highest BCUT2D eigenvalue weighted by Gasteiger charge is 2.62. The molecule has 8 aliphatic carbocycles. The zero-order valence-corrected chi connectivity index (χ0v) is 24.4. The lowest BCUT2D eigenvalue weighted by molar-refractivity contribution is -0.223. The van der Waals surface area contributed by atoms with Gasteiger partial charge in [-0.2, -0.15) is 0 Å². The molecule has 8 fully saturated rings. The number of aliphatic hydroxyl groups is 1. The fourth-order valence-electron chi connectivity index (χ4n) is 11.7. The Kier molecular flexibility index (Phi) is 11.6. The summed E-state index contributed by atoms with van der Waals surface area (Å²) in [6, 6.07) is 0. The molecule has 0 spiro atoms. The molecule has 8 aliphatic rings. The van der Waals surface area contributed by atoms with Gasteiger partial charge in [0.25, 0.3) is 0 Å². The molecule has 4 unspecified atom stereocenters. The van der Waals surface area contributed by atoms with Crippen molar-refractivity contribution in [1.82, 2.24) is 0 Å². The molecule has 8 rings (SSSR count). The topological polar surface area (TPSA) is 72.8 Å². The van der Waals surface area contributed by atoms with E-state index in [1.165, 1.54) is 44.9 Å². The van der Waals surface area contributed by atoms with Crippen molar-refractivity contribution in [3.05, 3.63) is 0 Å². The second kappa shape index (κ2) is 13.1. The molecule has 8 bridgehead atoms. The number of carbonyl (C=O) groups excluding carboxylic acids is 2. The summed E-state index contributed by atoms with van der Waals surface area (Å²) < 4.78 is 12.9. The number of hydrogen-bond donors (Lipinski definition) is 1. The molecule has 246 valence electrons. The van der Waals surface area contributed by atoms with Crippen molar-refractivity contribution in [3.8, 4) is 0 Å². The summed E-state index contributed by atoms with van der Waals surface area (Å²) in [5.41, 5.74) is -1.39. The Labute approximate surface area is 259 Å². The van der Waals surface area contributed by atoms with Crippen molar-refractivity contribution in [2.75, 3.05) is 0 Å². The lowest BCUT2D eigenvalue weighted by atomic mass is 9.44. The molecule has 8 saturated carbocycles. The number of esters is 2. The maximum absolute atomic E-state index is 13.8. The van der Waals surface area contributed by atoms with Crippen molar-refractivity contribution >= 4 is 11.9 Å². The first-order chi connectivity index (χ1) is 18.0. The molecule has 0 aromatic carbocycles. The molecular formula is C37H68O5. The van der Waals surface area contributed by atoms with E-state index in [-0.39, 0.29) is 64.5 Å². The minimum absolute atomic E-state index is 0. The quantitative estimate of drug-likeness (QED) is 0.256. The molecule has 0 amide bonds. The normalized spacial score (nSPS) is 40.0. The average molecular weight is 593 g/mol. The predicted molar refractivity (Wildman–Crippen MR) is 173 cm³/mol. The maximum atomic E-state index is 13.8. The minimum Gasteiger partial charge on any atom is -0.459 e. The van der Waals surface area contributed by atoms with Crippen molar-refractivity contribution < 1.29 is 24.2 Å². The van der Waals surface area contributed by atoms with Gasteiger partial charge in [-0.1, -0.05) is 57.4 Å². The Hall–Kier alpha value is -1.10. The summed E-state index contributed by atoms with van der Waals surface area (Å²) in [4.78, 5) is 27.2. The molecular weight excluding hydrogens is 524 g/mol. The van der Waals surface area contributed by atoms with Crippen LogP contribution in [-0.2, 0) is 19.1 Å². The van der Waals surface area contributed by atoms with Crippen molar-refractivity contribution in [2.24, 2.45) is 46.8 Å². The van der Waals surface area contributed by atoms with Crippen molar-refractivity contribution in [1.29, 1.82) is 0 Å². The summed E-state index contributed by atoms with van der Waals surface area (Å²) in [5.74, 6) is 2.46. The van der Waals surface area contributed by atoms with E-state index in [2.05, 4.69) is 13.8 Å². The van der Waals surface area contributed by atoms with Crippen LogP contribution in [0.3, 0.4) is 0 Å². The monoisotopic (exact) mass is 593 g/mol. The molecule has 0 aliphatic heterocycles. The van der Waals surface area contributed by atoms with Gasteiger partial charge in [-0.15, -0.1) is 0 Å². The zero-order chi connectivity index (χ0) is 26.9. The van der Waals surface area contributed by atoms with Crippen LogP contribution in [0.5, 0.6) is 0 Å². The van der Waals surface area contributed by atoms with E-state index in [9.17, 15) is 14.7 Å². The molecule has 0 aromatic rings. The highest BCUT2D eigenvalue weighted by molar-refractivity contribution is 5.76. The zero-order valence-electron chi connectivity index (χ0n) is 24.4. The van der Waals surface area contributed by atoms with E-state index in [0.717, 1.165) is 56.3 Å². The largest absolute Gasteiger partial charge is 0.459 e. The number of hydrogen-bond acceptors (Lipinski definition) is 5. The summed E-state index contributed by atoms with van der Waals surface area (Å²) >= 11 is 0. The molecule has 5 heteroatoms. The van der Waals surface area contributed by atoms with Gasteiger partial charge >= 0.3 is 11.9 Å². The maximum Gasteiger partial charge on any atom is 0.309 e. The second-order valence-electron chi connectivity index (χ2n) is 15.4. The van der Waals surface area contributed by atoms with Crippen LogP contribution < -0.4 is 0 Å². The average Bonchev–Trinajstić information content (AvgIpc) is 2.82. The Morgan fingerprint density at radius 3 is 1.67 bits per heavy atom. The standard InChI is InChI=1S/C33H52O5.4CH4/c1-5-27(8-21(4)28(34)37-32-18-25-12-26(19-32)17-31(36,16-25)20-32)29(35)38-33(6-2,7-3)30-13-22-9-23(14-30)11-24(10-22)15-30;;;;/h21-27,36H,5-20H2,1-4H3;4*1H4. The van der Waals surface area contributed by atoms with E-state index in [0.29, 0.717) is 31.1 Å². The molecule has 1 N–H and O–H groups in total. The second-order valence-corrected chi connectivity index (χ2v) is 15.4. The third kappa shape index (κ3) is 6.20. The smallest absolute Gasteiger partial charge is 0.309 e. The first-order valence-corrected chi connectivity index (χ1v) is 16.2. The Bertz CT molecular complexity index is 885.